The molecule has 0 bridgehead atoms. The summed E-state index contributed by atoms with van der Waals surface area (Å²) in [6, 6.07) is 7.07. The Bertz CT molecular complexity index is 629. The van der Waals surface area contributed by atoms with Crippen molar-refractivity contribution < 1.29 is 4.74 Å². The topological polar surface area (TPSA) is 64.3 Å². The van der Waals surface area contributed by atoms with Crippen LogP contribution in [0, 0.1) is 0 Å². The molecule has 0 saturated carbocycles. The number of halogens is 2. The van der Waals surface area contributed by atoms with E-state index in [9.17, 15) is 0 Å². The Balaban J connectivity index is 2.26. The van der Waals surface area contributed by atoms with Gasteiger partial charge in [0.05, 0.1) is 22.9 Å². The first-order valence-corrected chi connectivity index (χ1v) is 7.59. The monoisotopic (exact) mass is 340 g/mol. The van der Waals surface area contributed by atoms with Gasteiger partial charge >= 0.3 is 0 Å². The smallest absolute Gasteiger partial charge is 0.221 e. The second kappa shape index (κ2) is 7.63. The highest BCUT2D eigenvalue weighted by atomic mass is 35.5. The first-order valence-electron chi connectivity index (χ1n) is 6.84. The van der Waals surface area contributed by atoms with Gasteiger partial charge in [-0.15, -0.1) is 0 Å². The largest absolute Gasteiger partial charge is 0.493 e. The number of hydrogen-bond acceptors (Lipinski definition) is 5. The molecule has 2 N–H and O–H groups in total. The van der Waals surface area contributed by atoms with Crippen molar-refractivity contribution in [1.29, 1.82) is 0 Å². The van der Waals surface area contributed by atoms with E-state index in [1.165, 1.54) is 0 Å². The van der Waals surface area contributed by atoms with Crippen LogP contribution < -0.4 is 10.5 Å². The van der Waals surface area contributed by atoms with E-state index in [1.807, 2.05) is 26.2 Å². The normalized spacial score (nSPS) is 11.0. The highest BCUT2D eigenvalue weighted by molar-refractivity contribution is 6.34. The summed E-state index contributed by atoms with van der Waals surface area (Å²) in [6.45, 7) is 1.53. The minimum absolute atomic E-state index is 0.0981. The van der Waals surface area contributed by atoms with Gasteiger partial charge in [0.15, 0.2) is 0 Å². The molecule has 0 aliphatic rings. The van der Waals surface area contributed by atoms with Gasteiger partial charge in [-0.1, -0.05) is 29.3 Å². The maximum Gasteiger partial charge on any atom is 0.221 e. The molecule has 2 aromatic rings. The lowest BCUT2D eigenvalue weighted by atomic mass is 10.1. The SMILES string of the molecule is CN(C)CCCOc1cccc(Cl)c1-c1cc(Cl)nc(N)n1. The van der Waals surface area contributed by atoms with Gasteiger partial charge in [-0.2, -0.15) is 0 Å². The molecular weight excluding hydrogens is 323 g/mol. The molecule has 0 fully saturated rings. The molecule has 0 aliphatic heterocycles. The molecule has 2 rings (SSSR count). The van der Waals surface area contributed by atoms with E-state index in [0.29, 0.717) is 28.6 Å². The predicted octanol–water partition coefficient (Wildman–Crippen LogP) is 3.36. The Morgan fingerprint density at radius 2 is 2.00 bits per heavy atom. The lowest BCUT2D eigenvalue weighted by Gasteiger charge is -2.14. The van der Waals surface area contributed by atoms with Crippen molar-refractivity contribution >= 4 is 29.2 Å². The summed E-state index contributed by atoms with van der Waals surface area (Å²) in [7, 11) is 4.05. The first-order chi connectivity index (χ1) is 10.5. The highest BCUT2D eigenvalue weighted by Crippen LogP contribution is 2.36. The highest BCUT2D eigenvalue weighted by Gasteiger charge is 2.14. The van der Waals surface area contributed by atoms with Crippen LogP contribution in [-0.4, -0.2) is 42.1 Å². The number of nitrogen functional groups attached to an aromatic ring is 1. The van der Waals surface area contributed by atoms with Crippen LogP contribution in [0.25, 0.3) is 11.3 Å². The van der Waals surface area contributed by atoms with Gasteiger partial charge < -0.3 is 15.4 Å². The summed E-state index contributed by atoms with van der Waals surface area (Å²) in [5, 5.41) is 0.792. The van der Waals surface area contributed by atoms with Crippen molar-refractivity contribution in [3.05, 3.63) is 34.4 Å². The van der Waals surface area contributed by atoms with Gasteiger partial charge in [0.2, 0.25) is 5.95 Å². The molecule has 1 aromatic heterocycles. The second-order valence-electron chi connectivity index (χ2n) is 5.05. The molecular formula is C15H18Cl2N4O. The number of nitrogens with two attached hydrogens (primary N) is 1. The fourth-order valence-electron chi connectivity index (χ4n) is 2.00. The van der Waals surface area contributed by atoms with Crippen molar-refractivity contribution in [3.8, 4) is 17.0 Å². The molecule has 1 aromatic carbocycles. The average Bonchev–Trinajstić information content (AvgIpc) is 2.42. The van der Waals surface area contributed by atoms with Gasteiger partial charge in [0.1, 0.15) is 10.9 Å². The van der Waals surface area contributed by atoms with Crippen LogP contribution in [0.5, 0.6) is 5.75 Å². The number of rotatable bonds is 6. The van der Waals surface area contributed by atoms with Gasteiger partial charge in [-0.3, -0.25) is 0 Å². The maximum atomic E-state index is 6.30. The van der Waals surface area contributed by atoms with E-state index in [-0.39, 0.29) is 11.1 Å². The number of anilines is 1. The fraction of sp³-hybridized carbons (Fsp3) is 0.333. The Morgan fingerprint density at radius 1 is 1.23 bits per heavy atom. The summed E-state index contributed by atoms with van der Waals surface area (Å²) in [5.74, 6) is 0.751. The Labute approximate surface area is 140 Å². The zero-order valence-corrected chi connectivity index (χ0v) is 14.0. The van der Waals surface area contributed by atoms with E-state index < -0.39 is 0 Å². The van der Waals surface area contributed by atoms with Gasteiger partial charge in [0.25, 0.3) is 0 Å². The molecule has 0 unspecified atom stereocenters. The van der Waals surface area contributed by atoms with Gasteiger partial charge in [-0.25, -0.2) is 9.97 Å². The third kappa shape index (κ3) is 4.47. The van der Waals surface area contributed by atoms with Crippen LogP contribution in [0.2, 0.25) is 10.2 Å². The minimum atomic E-state index is 0.0981. The van der Waals surface area contributed by atoms with Gasteiger partial charge in [-0.05, 0) is 32.6 Å². The maximum absolute atomic E-state index is 6.30. The van der Waals surface area contributed by atoms with Crippen LogP contribution in [-0.2, 0) is 0 Å². The van der Waals surface area contributed by atoms with Crippen molar-refractivity contribution in [1.82, 2.24) is 14.9 Å². The van der Waals surface area contributed by atoms with Gasteiger partial charge in [0, 0.05) is 12.6 Å². The van der Waals surface area contributed by atoms with Crippen LogP contribution in [0.1, 0.15) is 6.42 Å². The van der Waals surface area contributed by atoms with E-state index in [0.717, 1.165) is 13.0 Å². The summed E-state index contributed by atoms with van der Waals surface area (Å²) >= 11 is 12.2. The van der Waals surface area contributed by atoms with Crippen LogP contribution in [0.15, 0.2) is 24.3 Å². The number of benzene rings is 1. The zero-order valence-electron chi connectivity index (χ0n) is 12.5. The first kappa shape index (κ1) is 16.8. The lowest BCUT2D eigenvalue weighted by Crippen LogP contribution is -2.15. The molecule has 118 valence electrons. The van der Waals surface area contributed by atoms with E-state index in [1.54, 1.807) is 12.1 Å². The quantitative estimate of drug-likeness (QED) is 0.645. The molecule has 0 amide bonds. The molecule has 0 spiro atoms. The zero-order chi connectivity index (χ0) is 16.1. The fourth-order valence-corrected chi connectivity index (χ4v) is 2.45. The van der Waals surface area contributed by atoms with Crippen LogP contribution >= 0.6 is 23.2 Å². The number of ether oxygens (including phenoxy) is 1. The molecule has 5 nitrogen and oxygen atoms in total. The molecule has 1 heterocycles. The van der Waals surface area contributed by atoms with Crippen LogP contribution in [0.4, 0.5) is 5.95 Å². The number of aromatic nitrogens is 2. The van der Waals surface area contributed by atoms with Crippen molar-refractivity contribution in [2.24, 2.45) is 0 Å². The predicted molar refractivity (Wildman–Crippen MR) is 90.6 cm³/mol. The molecule has 0 atom stereocenters. The Kier molecular flexibility index (Phi) is 5.83. The van der Waals surface area contributed by atoms with Crippen molar-refractivity contribution in [3.63, 3.8) is 0 Å². The third-order valence-corrected chi connectivity index (χ3v) is 3.46. The number of nitrogens with zero attached hydrogens (tertiary/aromatic N) is 3. The summed E-state index contributed by atoms with van der Waals surface area (Å²) < 4.78 is 5.85. The lowest BCUT2D eigenvalue weighted by molar-refractivity contribution is 0.282. The average molecular weight is 341 g/mol. The van der Waals surface area contributed by atoms with E-state index in [4.69, 9.17) is 33.7 Å². The molecule has 22 heavy (non-hydrogen) atoms. The summed E-state index contributed by atoms with van der Waals surface area (Å²) in [5.41, 5.74) is 6.87. The van der Waals surface area contributed by atoms with Crippen molar-refractivity contribution in [2.45, 2.75) is 6.42 Å². The Morgan fingerprint density at radius 3 is 2.68 bits per heavy atom. The van der Waals surface area contributed by atoms with E-state index >= 15 is 0 Å². The number of hydrogen-bond donors (Lipinski definition) is 1. The molecule has 0 saturated heterocycles. The molecule has 0 aliphatic carbocycles. The van der Waals surface area contributed by atoms with E-state index in [2.05, 4.69) is 14.9 Å². The van der Waals surface area contributed by atoms with Crippen molar-refractivity contribution in [2.75, 3.05) is 33.0 Å². The molecule has 0 radical (unpaired) electrons. The summed E-state index contributed by atoms with van der Waals surface area (Å²) in [4.78, 5) is 10.2. The summed E-state index contributed by atoms with van der Waals surface area (Å²) in [6.07, 6.45) is 0.908. The Hall–Kier alpha value is -1.56. The second-order valence-corrected chi connectivity index (χ2v) is 5.85. The molecule has 7 heteroatoms. The minimum Gasteiger partial charge on any atom is -0.493 e. The standard InChI is InChI=1S/C15H18Cl2N4O/c1-21(2)7-4-8-22-12-6-3-5-10(16)14(12)11-9-13(17)20-15(18)19-11/h3,5-6,9H,4,7-8H2,1-2H3,(H2,18,19,20). The third-order valence-electron chi connectivity index (χ3n) is 2.95. The van der Waals surface area contributed by atoms with Crippen LogP contribution in [0.3, 0.4) is 0 Å².